The smallest absolute Gasteiger partial charge is 0.411 e. The molecule has 32 heavy (non-hydrogen) atoms. The maximum Gasteiger partial charge on any atom is 0.411 e. The zero-order valence-corrected chi connectivity index (χ0v) is 18.5. The summed E-state index contributed by atoms with van der Waals surface area (Å²) in [6, 6.07) is 19.1. The van der Waals surface area contributed by atoms with E-state index >= 15 is 4.39 Å². The van der Waals surface area contributed by atoms with Crippen LogP contribution in [0.4, 0.5) is 9.18 Å². The number of halogens is 1. The average molecular weight is 435 g/mol. The Morgan fingerprint density at radius 3 is 2.41 bits per heavy atom. The molecule has 1 aliphatic carbocycles. The molecule has 3 atom stereocenters. The second kappa shape index (κ2) is 9.29. The normalized spacial score (nSPS) is 26.4. The number of allylic oxidation sites excluding steroid dienone is 3. The van der Waals surface area contributed by atoms with Gasteiger partial charge in [0.2, 0.25) is 0 Å². The maximum atomic E-state index is 15.9. The Morgan fingerprint density at radius 1 is 1.12 bits per heavy atom. The number of benzene rings is 2. The zero-order chi connectivity index (χ0) is 22.6. The van der Waals surface area contributed by atoms with Crippen molar-refractivity contribution in [1.29, 1.82) is 0 Å². The summed E-state index contributed by atoms with van der Waals surface area (Å²) in [4.78, 5) is 14.7. The SMILES string of the molecule is C[C@H](N1CC[C@](CCCN)(c2ccccc2)OC1=O)C1(F)C=CC(c2ccccc2)=CC1. The predicted octanol–water partition coefficient (Wildman–Crippen LogP) is 5.60. The number of hydrogen-bond donors (Lipinski definition) is 1. The van der Waals surface area contributed by atoms with Gasteiger partial charge in [0.15, 0.2) is 5.67 Å². The first-order valence-electron chi connectivity index (χ1n) is 11.4. The summed E-state index contributed by atoms with van der Waals surface area (Å²) in [5.74, 6) is 0. The molecule has 0 spiro atoms. The number of hydrogen-bond acceptors (Lipinski definition) is 3. The van der Waals surface area contributed by atoms with E-state index in [1.807, 2.05) is 72.8 Å². The summed E-state index contributed by atoms with van der Waals surface area (Å²) in [7, 11) is 0. The summed E-state index contributed by atoms with van der Waals surface area (Å²) in [6.45, 7) is 2.73. The van der Waals surface area contributed by atoms with Crippen molar-refractivity contribution in [1.82, 2.24) is 4.90 Å². The molecule has 2 N–H and O–H groups in total. The van der Waals surface area contributed by atoms with Gasteiger partial charge in [-0.3, -0.25) is 0 Å². The number of amides is 1. The Balaban J connectivity index is 1.49. The molecular formula is C27H31FN2O2. The number of alkyl halides is 1. The summed E-state index contributed by atoms with van der Waals surface area (Å²) in [6.07, 6.45) is 7.10. The standard InChI is InChI=1S/C27H31FN2O2/c1-21(26(28)16-13-23(14-17-26)22-9-4-2-5-10-22)30-20-18-27(15-8-19-29,32-25(30)31)24-11-6-3-7-12-24/h2-7,9-14,16,21H,8,15,17-20,29H2,1H3/t21-,26?,27+/m0/s1. The number of rotatable bonds is 7. The van der Waals surface area contributed by atoms with Crippen molar-refractivity contribution in [3.05, 3.63) is 90.0 Å². The molecule has 1 heterocycles. The van der Waals surface area contributed by atoms with Gasteiger partial charge in [0.25, 0.3) is 0 Å². The second-order valence-corrected chi connectivity index (χ2v) is 8.73. The monoisotopic (exact) mass is 434 g/mol. The quantitative estimate of drug-likeness (QED) is 0.617. The van der Waals surface area contributed by atoms with Crippen LogP contribution >= 0.6 is 0 Å². The van der Waals surface area contributed by atoms with E-state index in [-0.39, 0.29) is 6.42 Å². The highest BCUT2D eigenvalue weighted by molar-refractivity contribution is 5.76. The molecule has 2 aliphatic rings. The molecule has 1 unspecified atom stereocenters. The Bertz CT molecular complexity index is 991. The van der Waals surface area contributed by atoms with Crippen molar-refractivity contribution >= 4 is 11.7 Å². The first-order valence-corrected chi connectivity index (χ1v) is 11.4. The Hall–Kier alpha value is -2.92. The van der Waals surface area contributed by atoms with E-state index < -0.39 is 23.4 Å². The van der Waals surface area contributed by atoms with Gasteiger partial charge in [-0.1, -0.05) is 72.8 Å². The fourth-order valence-electron chi connectivity index (χ4n) is 4.72. The lowest BCUT2D eigenvalue weighted by atomic mass is 9.82. The molecule has 2 aromatic rings. The number of cyclic esters (lactones) is 1. The van der Waals surface area contributed by atoms with Crippen molar-refractivity contribution in [2.24, 2.45) is 5.73 Å². The van der Waals surface area contributed by atoms with E-state index in [9.17, 15) is 4.79 Å². The Morgan fingerprint density at radius 2 is 1.81 bits per heavy atom. The number of carbonyl (C=O) groups excluding carboxylic acids is 1. The van der Waals surface area contributed by atoms with Gasteiger partial charge >= 0.3 is 6.09 Å². The number of nitrogens with zero attached hydrogens (tertiary/aromatic N) is 1. The van der Waals surface area contributed by atoms with Crippen molar-refractivity contribution in [3.8, 4) is 0 Å². The highest BCUT2D eigenvalue weighted by Crippen LogP contribution is 2.41. The van der Waals surface area contributed by atoms with E-state index in [1.54, 1.807) is 13.0 Å². The molecule has 4 rings (SSSR count). The van der Waals surface area contributed by atoms with Gasteiger partial charge < -0.3 is 15.4 Å². The lowest BCUT2D eigenvalue weighted by Gasteiger charge is -2.46. The van der Waals surface area contributed by atoms with Crippen molar-refractivity contribution < 1.29 is 13.9 Å². The number of nitrogens with two attached hydrogens (primary N) is 1. The molecule has 0 aromatic heterocycles. The minimum atomic E-state index is -1.64. The van der Waals surface area contributed by atoms with Gasteiger partial charge in [-0.15, -0.1) is 0 Å². The van der Waals surface area contributed by atoms with Crippen LogP contribution in [0.2, 0.25) is 0 Å². The molecule has 1 saturated heterocycles. The van der Waals surface area contributed by atoms with Crippen LogP contribution in [0.1, 0.15) is 43.7 Å². The maximum absolute atomic E-state index is 15.9. The molecule has 168 valence electrons. The predicted molar refractivity (Wildman–Crippen MR) is 126 cm³/mol. The number of ether oxygens (including phenoxy) is 1. The van der Waals surface area contributed by atoms with Gasteiger partial charge in [0, 0.05) is 19.4 Å². The van der Waals surface area contributed by atoms with Crippen LogP contribution in [0.15, 0.2) is 78.9 Å². The third-order valence-electron chi connectivity index (χ3n) is 6.80. The molecule has 1 fully saturated rings. The topological polar surface area (TPSA) is 55.6 Å². The molecule has 5 heteroatoms. The van der Waals surface area contributed by atoms with Crippen LogP contribution in [0.25, 0.3) is 5.57 Å². The molecule has 1 amide bonds. The van der Waals surface area contributed by atoms with Crippen LogP contribution in [0.5, 0.6) is 0 Å². The summed E-state index contributed by atoms with van der Waals surface area (Å²) in [5.41, 5.74) is 6.43. The summed E-state index contributed by atoms with van der Waals surface area (Å²) < 4.78 is 22.0. The van der Waals surface area contributed by atoms with Gasteiger partial charge in [-0.25, -0.2) is 9.18 Å². The molecule has 4 nitrogen and oxygen atoms in total. The lowest BCUT2D eigenvalue weighted by molar-refractivity contribution is -0.0769. The van der Waals surface area contributed by atoms with E-state index in [0.29, 0.717) is 25.9 Å². The lowest BCUT2D eigenvalue weighted by Crippen LogP contribution is -2.56. The first kappa shape index (κ1) is 22.3. The van der Waals surface area contributed by atoms with Crippen molar-refractivity contribution in [3.63, 3.8) is 0 Å². The Kier molecular flexibility index (Phi) is 6.47. The third-order valence-corrected chi connectivity index (χ3v) is 6.80. The van der Waals surface area contributed by atoms with E-state index in [1.165, 1.54) is 4.90 Å². The molecular weight excluding hydrogens is 403 g/mol. The largest absolute Gasteiger partial charge is 0.438 e. The first-order chi connectivity index (χ1) is 15.5. The second-order valence-electron chi connectivity index (χ2n) is 8.73. The minimum absolute atomic E-state index is 0.218. The van der Waals surface area contributed by atoms with Crippen LogP contribution < -0.4 is 5.73 Å². The molecule has 0 radical (unpaired) electrons. The molecule has 0 bridgehead atoms. The fourth-order valence-corrected chi connectivity index (χ4v) is 4.72. The highest BCUT2D eigenvalue weighted by Gasteiger charge is 2.47. The number of carbonyl (C=O) groups is 1. The third kappa shape index (κ3) is 4.35. The zero-order valence-electron chi connectivity index (χ0n) is 18.5. The van der Waals surface area contributed by atoms with Gasteiger partial charge in [0.1, 0.15) is 5.60 Å². The van der Waals surface area contributed by atoms with E-state index in [0.717, 1.165) is 23.1 Å². The van der Waals surface area contributed by atoms with E-state index in [4.69, 9.17) is 10.5 Å². The van der Waals surface area contributed by atoms with Crippen LogP contribution in [0.3, 0.4) is 0 Å². The molecule has 1 aliphatic heterocycles. The minimum Gasteiger partial charge on any atom is -0.438 e. The summed E-state index contributed by atoms with van der Waals surface area (Å²) >= 11 is 0. The van der Waals surface area contributed by atoms with Crippen LogP contribution in [-0.4, -0.2) is 35.8 Å². The summed E-state index contributed by atoms with van der Waals surface area (Å²) in [5, 5.41) is 0. The van der Waals surface area contributed by atoms with Gasteiger partial charge in [-0.05, 0) is 49.1 Å². The van der Waals surface area contributed by atoms with Crippen molar-refractivity contribution in [2.75, 3.05) is 13.1 Å². The van der Waals surface area contributed by atoms with Crippen LogP contribution in [0, 0.1) is 0 Å². The van der Waals surface area contributed by atoms with E-state index in [2.05, 4.69) is 0 Å². The van der Waals surface area contributed by atoms with Gasteiger partial charge in [-0.2, -0.15) is 0 Å². The Labute approximate surface area is 189 Å². The molecule has 2 aromatic carbocycles. The highest BCUT2D eigenvalue weighted by atomic mass is 19.1. The van der Waals surface area contributed by atoms with Crippen LogP contribution in [-0.2, 0) is 10.3 Å². The van der Waals surface area contributed by atoms with Gasteiger partial charge in [0.05, 0.1) is 6.04 Å². The molecule has 0 saturated carbocycles. The fraction of sp³-hybridized carbons (Fsp3) is 0.370. The average Bonchev–Trinajstić information content (AvgIpc) is 2.84. The van der Waals surface area contributed by atoms with Crippen molar-refractivity contribution in [2.45, 2.75) is 49.9 Å².